The summed E-state index contributed by atoms with van der Waals surface area (Å²) in [7, 11) is 0. The Hall–Kier alpha value is -1.67. The van der Waals surface area contributed by atoms with E-state index in [0.29, 0.717) is 28.6 Å². The average molecular weight is 398 g/mol. The molecule has 1 saturated heterocycles. The quantitative estimate of drug-likeness (QED) is 0.811. The second-order valence-electron chi connectivity index (χ2n) is 5.65. The molecule has 1 aliphatic rings. The van der Waals surface area contributed by atoms with E-state index in [2.05, 4.69) is 5.32 Å². The maximum absolute atomic E-state index is 12.2. The van der Waals surface area contributed by atoms with Crippen molar-refractivity contribution in [2.75, 3.05) is 25.0 Å². The fourth-order valence-electron chi connectivity index (χ4n) is 2.45. The van der Waals surface area contributed by atoms with Crippen molar-refractivity contribution in [3.63, 3.8) is 0 Å². The standard InChI is InChI=1S/C15H16Cl2F3N3O2/c16-11-2-1-10(7-12(11)17)22-14(25)23-5-3-9(4-6-23)13(24)21-8-15(18,19)20/h1-2,7,9H,3-6,8H2,(H,21,24)(H,22,25). The van der Waals surface area contributed by atoms with E-state index < -0.39 is 24.5 Å². The number of likely N-dealkylation sites (tertiary alicyclic amines) is 1. The number of carbonyl (C=O) groups excluding carboxylic acids is 2. The van der Waals surface area contributed by atoms with Gasteiger partial charge < -0.3 is 15.5 Å². The normalized spacial score (nSPS) is 15.8. The van der Waals surface area contributed by atoms with Crippen LogP contribution in [0.5, 0.6) is 0 Å². The first kappa shape index (κ1) is 19.7. The Morgan fingerprint density at radius 2 is 1.80 bits per heavy atom. The monoisotopic (exact) mass is 397 g/mol. The first-order valence-corrected chi connectivity index (χ1v) is 8.27. The summed E-state index contributed by atoms with van der Waals surface area (Å²) in [5, 5.41) is 5.21. The van der Waals surface area contributed by atoms with Crippen molar-refractivity contribution < 1.29 is 22.8 Å². The number of benzene rings is 1. The molecule has 1 heterocycles. The fourth-order valence-corrected chi connectivity index (χ4v) is 2.75. The van der Waals surface area contributed by atoms with Gasteiger partial charge in [-0.2, -0.15) is 13.2 Å². The Balaban J connectivity index is 1.81. The lowest BCUT2D eigenvalue weighted by Crippen LogP contribution is -2.45. The van der Waals surface area contributed by atoms with E-state index in [9.17, 15) is 22.8 Å². The van der Waals surface area contributed by atoms with E-state index in [0.717, 1.165) is 0 Å². The van der Waals surface area contributed by atoms with Gasteiger partial charge in [0.05, 0.1) is 10.0 Å². The number of hydrogen-bond donors (Lipinski definition) is 2. The van der Waals surface area contributed by atoms with E-state index in [1.54, 1.807) is 12.1 Å². The summed E-state index contributed by atoms with van der Waals surface area (Å²) in [6.45, 7) is -0.793. The molecule has 0 bridgehead atoms. The van der Waals surface area contributed by atoms with Crippen LogP contribution in [-0.4, -0.2) is 42.6 Å². The first-order chi connectivity index (χ1) is 11.7. The lowest BCUT2D eigenvalue weighted by molar-refractivity contribution is -0.141. The Bertz CT molecular complexity index is 647. The largest absolute Gasteiger partial charge is 0.405 e. The predicted molar refractivity (Wildman–Crippen MR) is 88.8 cm³/mol. The molecule has 1 aromatic carbocycles. The minimum atomic E-state index is -4.43. The lowest BCUT2D eigenvalue weighted by Gasteiger charge is -2.31. The molecule has 5 nitrogen and oxygen atoms in total. The van der Waals surface area contributed by atoms with Crippen molar-refractivity contribution in [1.29, 1.82) is 0 Å². The zero-order chi connectivity index (χ0) is 18.6. The third kappa shape index (κ3) is 5.97. The number of anilines is 1. The van der Waals surface area contributed by atoms with Crippen molar-refractivity contribution in [1.82, 2.24) is 10.2 Å². The second kappa shape index (κ2) is 8.14. The fraction of sp³-hybridized carbons (Fsp3) is 0.467. The van der Waals surface area contributed by atoms with Crippen molar-refractivity contribution in [3.05, 3.63) is 28.2 Å². The van der Waals surface area contributed by atoms with Crippen LogP contribution in [0.15, 0.2) is 18.2 Å². The number of carbonyl (C=O) groups is 2. The summed E-state index contributed by atoms with van der Waals surface area (Å²) < 4.78 is 36.4. The van der Waals surface area contributed by atoms with Gasteiger partial charge >= 0.3 is 12.2 Å². The van der Waals surface area contributed by atoms with E-state index in [1.165, 1.54) is 11.0 Å². The van der Waals surface area contributed by atoms with Gasteiger partial charge in [-0.3, -0.25) is 4.79 Å². The Morgan fingerprint density at radius 3 is 2.36 bits per heavy atom. The molecule has 0 unspecified atom stereocenters. The summed E-state index contributed by atoms with van der Waals surface area (Å²) in [6, 6.07) is 4.30. The van der Waals surface area contributed by atoms with Gasteiger partial charge in [0, 0.05) is 24.7 Å². The summed E-state index contributed by atoms with van der Waals surface area (Å²) in [5.74, 6) is -1.17. The number of amides is 3. The second-order valence-corrected chi connectivity index (χ2v) is 6.47. The van der Waals surface area contributed by atoms with Crippen LogP contribution in [0.4, 0.5) is 23.7 Å². The highest BCUT2D eigenvalue weighted by Crippen LogP contribution is 2.25. The van der Waals surface area contributed by atoms with Crippen molar-refractivity contribution in [2.24, 2.45) is 5.92 Å². The topological polar surface area (TPSA) is 61.4 Å². The van der Waals surface area contributed by atoms with Crippen molar-refractivity contribution in [3.8, 4) is 0 Å². The molecule has 2 N–H and O–H groups in total. The Labute approximate surface area is 152 Å². The number of piperidine rings is 1. The molecule has 2 rings (SSSR count). The summed E-state index contributed by atoms with van der Waals surface area (Å²) >= 11 is 11.7. The lowest BCUT2D eigenvalue weighted by atomic mass is 9.96. The average Bonchev–Trinajstić information content (AvgIpc) is 2.55. The van der Waals surface area contributed by atoms with Crippen LogP contribution in [0, 0.1) is 5.92 Å². The summed E-state index contributed by atoms with van der Waals surface area (Å²) in [4.78, 5) is 25.4. The minimum Gasteiger partial charge on any atom is -0.347 e. The molecule has 3 amide bonds. The molecular weight excluding hydrogens is 382 g/mol. The van der Waals surface area contributed by atoms with Gasteiger partial charge in [0.25, 0.3) is 0 Å². The van der Waals surface area contributed by atoms with E-state index >= 15 is 0 Å². The Morgan fingerprint density at radius 1 is 1.16 bits per heavy atom. The molecule has 1 fully saturated rings. The predicted octanol–water partition coefficient (Wildman–Crippen LogP) is 3.92. The van der Waals surface area contributed by atoms with E-state index in [4.69, 9.17) is 23.2 Å². The van der Waals surface area contributed by atoms with Gasteiger partial charge in [0.2, 0.25) is 5.91 Å². The number of urea groups is 1. The molecular formula is C15H16Cl2F3N3O2. The highest BCUT2D eigenvalue weighted by atomic mass is 35.5. The van der Waals surface area contributed by atoms with Crippen LogP contribution in [0.25, 0.3) is 0 Å². The van der Waals surface area contributed by atoms with Crippen molar-refractivity contribution >= 4 is 40.8 Å². The third-order valence-electron chi connectivity index (χ3n) is 3.79. The zero-order valence-electron chi connectivity index (χ0n) is 13.0. The SMILES string of the molecule is O=C(NCC(F)(F)F)C1CCN(C(=O)Nc2ccc(Cl)c(Cl)c2)CC1. The van der Waals surface area contributed by atoms with E-state index in [1.807, 2.05) is 5.32 Å². The number of hydrogen-bond acceptors (Lipinski definition) is 2. The molecule has 0 spiro atoms. The van der Waals surface area contributed by atoms with Crippen LogP contribution in [0.3, 0.4) is 0 Å². The summed E-state index contributed by atoms with van der Waals surface area (Å²) in [6.07, 6.45) is -3.83. The first-order valence-electron chi connectivity index (χ1n) is 7.51. The highest BCUT2D eigenvalue weighted by molar-refractivity contribution is 6.42. The Kier molecular flexibility index (Phi) is 6.40. The number of halogens is 5. The van der Waals surface area contributed by atoms with Gasteiger partial charge in [0.1, 0.15) is 6.54 Å². The number of rotatable bonds is 3. The molecule has 0 atom stereocenters. The molecule has 25 heavy (non-hydrogen) atoms. The summed E-state index contributed by atoms with van der Waals surface area (Å²) in [5.41, 5.74) is 0.476. The minimum absolute atomic E-state index is 0.275. The maximum atomic E-state index is 12.2. The van der Waals surface area contributed by atoms with Gasteiger partial charge in [-0.05, 0) is 31.0 Å². The van der Waals surface area contributed by atoms with Gasteiger partial charge in [0.15, 0.2) is 0 Å². The van der Waals surface area contributed by atoms with Gasteiger partial charge in [-0.15, -0.1) is 0 Å². The molecule has 0 radical (unpaired) electrons. The van der Waals surface area contributed by atoms with Gasteiger partial charge in [-0.25, -0.2) is 4.79 Å². The van der Waals surface area contributed by atoms with Crippen LogP contribution >= 0.6 is 23.2 Å². The van der Waals surface area contributed by atoms with Crippen LogP contribution in [0.2, 0.25) is 10.0 Å². The zero-order valence-corrected chi connectivity index (χ0v) is 14.5. The van der Waals surface area contributed by atoms with Crippen LogP contribution in [-0.2, 0) is 4.79 Å². The number of nitrogens with zero attached hydrogens (tertiary/aromatic N) is 1. The molecule has 0 saturated carbocycles. The van der Waals surface area contributed by atoms with Crippen LogP contribution < -0.4 is 10.6 Å². The van der Waals surface area contributed by atoms with Gasteiger partial charge in [-0.1, -0.05) is 23.2 Å². The van der Waals surface area contributed by atoms with E-state index in [-0.39, 0.29) is 19.1 Å². The molecule has 10 heteroatoms. The third-order valence-corrected chi connectivity index (χ3v) is 4.53. The number of alkyl halides is 3. The maximum Gasteiger partial charge on any atom is 0.405 e. The molecule has 0 aromatic heterocycles. The highest BCUT2D eigenvalue weighted by Gasteiger charge is 2.31. The van der Waals surface area contributed by atoms with Crippen LogP contribution in [0.1, 0.15) is 12.8 Å². The number of nitrogens with one attached hydrogen (secondary N) is 2. The smallest absolute Gasteiger partial charge is 0.347 e. The van der Waals surface area contributed by atoms with Crippen molar-refractivity contribution in [2.45, 2.75) is 19.0 Å². The molecule has 138 valence electrons. The molecule has 0 aliphatic carbocycles. The molecule has 1 aromatic rings. The molecule has 1 aliphatic heterocycles.